The highest BCUT2D eigenvalue weighted by atomic mass is 16.8. The summed E-state index contributed by atoms with van der Waals surface area (Å²) in [5, 5.41) is 19.9. The monoisotopic (exact) mass is 665 g/mol. The first-order valence-corrected chi connectivity index (χ1v) is 17.2. The van der Waals surface area contributed by atoms with Gasteiger partial charge in [0.1, 0.15) is 5.75 Å². The lowest BCUT2D eigenvalue weighted by Crippen LogP contribution is -2.34. The van der Waals surface area contributed by atoms with Crippen LogP contribution in [0.4, 0.5) is 17.1 Å². The lowest BCUT2D eigenvalue weighted by molar-refractivity contribution is -0.292. The zero-order chi connectivity index (χ0) is 35.0. The fourth-order valence-corrected chi connectivity index (χ4v) is 6.12. The van der Waals surface area contributed by atoms with Crippen LogP contribution in [0.1, 0.15) is 30.0 Å². The Hall–Kier alpha value is -6.20. The molecule has 0 bridgehead atoms. The van der Waals surface area contributed by atoms with Crippen molar-refractivity contribution in [1.82, 2.24) is 0 Å². The van der Waals surface area contributed by atoms with E-state index in [1.807, 2.05) is 42.5 Å². The summed E-state index contributed by atoms with van der Waals surface area (Å²) in [7, 11) is 0. The Labute approximate surface area is 299 Å². The van der Waals surface area contributed by atoms with Gasteiger partial charge in [0.05, 0.1) is 0 Å². The molecule has 4 nitrogen and oxygen atoms in total. The second kappa shape index (κ2) is 15.1. The van der Waals surface area contributed by atoms with Crippen molar-refractivity contribution in [1.29, 1.82) is 0 Å². The van der Waals surface area contributed by atoms with Crippen molar-refractivity contribution in [3.63, 3.8) is 0 Å². The zero-order valence-electron chi connectivity index (χ0n) is 28.4. The summed E-state index contributed by atoms with van der Waals surface area (Å²) in [4.78, 5) is 2.28. The third-order valence-corrected chi connectivity index (χ3v) is 8.92. The third kappa shape index (κ3) is 8.00. The predicted molar refractivity (Wildman–Crippen MR) is 210 cm³/mol. The van der Waals surface area contributed by atoms with Crippen LogP contribution in [0.3, 0.4) is 0 Å². The molecule has 250 valence electrons. The summed E-state index contributed by atoms with van der Waals surface area (Å²) in [6.45, 7) is 1.65. The predicted octanol–water partition coefficient (Wildman–Crippen LogP) is 11.5. The second-order valence-electron chi connectivity index (χ2n) is 12.4. The summed E-state index contributed by atoms with van der Waals surface area (Å²) in [6.07, 6.45) is 2.23. The summed E-state index contributed by atoms with van der Waals surface area (Å²) < 4.78 is 5.36. The highest BCUT2D eigenvalue weighted by molar-refractivity contribution is 5.92. The van der Waals surface area contributed by atoms with Gasteiger partial charge in [-0.2, -0.15) is 0 Å². The van der Waals surface area contributed by atoms with Crippen LogP contribution in [-0.2, 0) is 0 Å². The molecule has 51 heavy (non-hydrogen) atoms. The van der Waals surface area contributed by atoms with Crippen LogP contribution in [0.25, 0.3) is 33.9 Å². The molecule has 0 amide bonds. The Morgan fingerprint density at radius 3 is 1.33 bits per heavy atom. The first-order chi connectivity index (χ1) is 25.0. The molecule has 0 unspecified atom stereocenters. The van der Waals surface area contributed by atoms with Crippen molar-refractivity contribution >= 4 is 28.7 Å². The van der Waals surface area contributed by atoms with E-state index in [2.05, 4.69) is 144 Å². The van der Waals surface area contributed by atoms with Crippen molar-refractivity contribution in [2.24, 2.45) is 0 Å². The minimum atomic E-state index is -2.21. The number of benzene rings is 7. The van der Waals surface area contributed by atoms with Gasteiger partial charge in [0.25, 0.3) is 0 Å². The molecule has 0 saturated carbocycles. The molecule has 7 rings (SSSR count). The van der Waals surface area contributed by atoms with Gasteiger partial charge in [-0.05, 0) is 99.1 Å². The molecule has 7 aromatic rings. The van der Waals surface area contributed by atoms with Gasteiger partial charge in [0.2, 0.25) is 0 Å². The molecule has 0 spiro atoms. The average molecular weight is 666 g/mol. The van der Waals surface area contributed by atoms with Crippen LogP contribution in [0.15, 0.2) is 188 Å². The normalized spacial score (nSPS) is 11.6. The number of hydrogen-bond acceptors (Lipinski definition) is 4. The Morgan fingerprint density at radius 2 is 0.882 bits per heavy atom. The lowest BCUT2D eigenvalue weighted by Gasteiger charge is -2.26. The third-order valence-electron chi connectivity index (χ3n) is 8.92. The summed E-state index contributed by atoms with van der Waals surface area (Å²) in [6, 6.07) is 64.6. The van der Waals surface area contributed by atoms with Gasteiger partial charge in [0, 0.05) is 23.5 Å². The number of rotatable bonds is 11. The minimum Gasteiger partial charge on any atom is -0.439 e. The van der Waals surface area contributed by atoms with Gasteiger partial charge in [-0.15, -0.1) is 0 Å². The molecule has 0 saturated heterocycles. The second-order valence-corrected chi connectivity index (χ2v) is 12.4. The van der Waals surface area contributed by atoms with Crippen molar-refractivity contribution < 1.29 is 14.9 Å². The Balaban J connectivity index is 1.24. The molecule has 7 aromatic carbocycles. The van der Waals surface area contributed by atoms with E-state index in [0.717, 1.165) is 39.3 Å². The van der Waals surface area contributed by atoms with Crippen LogP contribution in [0.5, 0.6) is 5.75 Å². The molecule has 0 heterocycles. The maximum Gasteiger partial charge on any atom is 0.321 e. The summed E-state index contributed by atoms with van der Waals surface area (Å²) in [5.74, 6) is -1.82. The number of nitrogens with zero attached hydrogens (tertiary/aromatic N) is 1. The largest absolute Gasteiger partial charge is 0.439 e. The van der Waals surface area contributed by atoms with Crippen LogP contribution >= 0.6 is 0 Å². The van der Waals surface area contributed by atoms with E-state index >= 15 is 0 Å². The molecule has 2 N–H and O–H groups in total. The maximum atomic E-state index is 9.97. The first kappa shape index (κ1) is 33.3. The summed E-state index contributed by atoms with van der Waals surface area (Å²) in [5.41, 5.74) is 12.0. The first-order valence-electron chi connectivity index (χ1n) is 17.2. The van der Waals surface area contributed by atoms with E-state index in [1.54, 1.807) is 19.1 Å². The highest BCUT2D eigenvalue weighted by Crippen LogP contribution is 2.37. The van der Waals surface area contributed by atoms with Gasteiger partial charge in [-0.3, -0.25) is 0 Å². The quantitative estimate of drug-likeness (QED) is 0.107. The van der Waals surface area contributed by atoms with Crippen LogP contribution in [0, 0.1) is 0 Å². The number of anilines is 3. The fraction of sp³-hybridized carbons (Fsp3) is 0.0638. The highest BCUT2D eigenvalue weighted by Gasteiger charge is 2.22. The molecule has 0 fully saturated rings. The molecule has 0 radical (unpaired) electrons. The number of ether oxygens (including phenoxy) is 1. The number of aliphatic hydroxyl groups is 2. The van der Waals surface area contributed by atoms with E-state index in [1.165, 1.54) is 22.3 Å². The molecular formula is C47H39NO3. The number of hydrogen-bond donors (Lipinski definition) is 2. The standard InChI is InChI=1S/C47H39NO3/c1-2-47(49,50)51-45-32-24-41(25-33-45)46(40-16-10-5-11-17-40)34-35-18-26-42(27-19-35)48(43-28-20-38(21-29-43)36-12-6-3-7-13-36)44-30-22-39(23-31-44)37-14-8-4-9-15-37/h3-34,49-50H,2H2,1H3/b46-34+. The van der Waals surface area contributed by atoms with Gasteiger partial charge >= 0.3 is 5.97 Å². The SMILES string of the molecule is CCC(O)(O)Oc1ccc(/C(=C/c2ccc(N(c3ccc(-c4ccccc4)cc3)c3ccc(-c4ccccc4)cc3)cc2)c2ccccc2)cc1. The summed E-state index contributed by atoms with van der Waals surface area (Å²) >= 11 is 0. The molecule has 0 aliphatic rings. The van der Waals surface area contributed by atoms with E-state index in [0.29, 0.717) is 5.75 Å². The van der Waals surface area contributed by atoms with Gasteiger partial charge < -0.3 is 19.8 Å². The van der Waals surface area contributed by atoms with Crippen molar-refractivity contribution in [3.8, 4) is 28.0 Å². The molecule has 0 atom stereocenters. The van der Waals surface area contributed by atoms with E-state index < -0.39 is 5.97 Å². The molecular weight excluding hydrogens is 627 g/mol. The average Bonchev–Trinajstić information content (AvgIpc) is 3.19. The maximum absolute atomic E-state index is 9.97. The van der Waals surface area contributed by atoms with Crippen LogP contribution < -0.4 is 9.64 Å². The fourth-order valence-electron chi connectivity index (χ4n) is 6.12. The Morgan fingerprint density at radius 1 is 0.490 bits per heavy atom. The van der Waals surface area contributed by atoms with E-state index in [-0.39, 0.29) is 6.42 Å². The topological polar surface area (TPSA) is 52.9 Å². The molecule has 0 aliphatic carbocycles. The van der Waals surface area contributed by atoms with Crippen molar-refractivity contribution in [2.45, 2.75) is 19.3 Å². The van der Waals surface area contributed by atoms with Gasteiger partial charge in [-0.25, -0.2) is 0 Å². The molecule has 4 heteroatoms. The molecule has 0 aliphatic heterocycles. The van der Waals surface area contributed by atoms with Crippen molar-refractivity contribution in [3.05, 3.63) is 205 Å². The lowest BCUT2D eigenvalue weighted by atomic mass is 9.95. The van der Waals surface area contributed by atoms with E-state index in [9.17, 15) is 10.2 Å². The van der Waals surface area contributed by atoms with Crippen LogP contribution in [0.2, 0.25) is 0 Å². The van der Waals surface area contributed by atoms with Gasteiger partial charge in [0.15, 0.2) is 0 Å². The Kier molecular flexibility index (Phi) is 9.89. The smallest absolute Gasteiger partial charge is 0.321 e. The van der Waals surface area contributed by atoms with E-state index in [4.69, 9.17) is 4.74 Å². The van der Waals surface area contributed by atoms with Gasteiger partial charge in [-0.1, -0.05) is 146 Å². The zero-order valence-corrected chi connectivity index (χ0v) is 28.4. The minimum absolute atomic E-state index is 0.0509. The van der Waals surface area contributed by atoms with Crippen molar-refractivity contribution in [2.75, 3.05) is 4.90 Å². The molecule has 0 aromatic heterocycles. The Bertz CT molecular complexity index is 2090. The van der Waals surface area contributed by atoms with Crippen LogP contribution in [-0.4, -0.2) is 16.2 Å².